The Morgan fingerprint density at radius 3 is 1.89 bits per heavy atom. The van der Waals surface area contributed by atoms with Gasteiger partial charge in [0.15, 0.2) is 17.4 Å². The molecule has 5 heteroatoms. The quantitative estimate of drug-likeness (QED) is 0.368. The van der Waals surface area contributed by atoms with Gasteiger partial charge in [-0.25, -0.2) is 4.99 Å². The first-order chi connectivity index (χ1) is 13.3. The second-order valence-corrected chi connectivity index (χ2v) is 5.70. The van der Waals surface area contributed by atoms with Gasteiger partial charge in [0.1, 0.15) is 0 Å². The van der Waals surface area contributed by atoms with Gasteiger partial charge in [0.2, 0.25) is 0 Å². The monoisotopic (exact) mass is 356 g/mol. The van der Waals surface area contributed by atoms with Gasteiger partial charge in [-0.3, -0.25) is 9.69 Å². The van der Waals surface area contributed by atoms with Crippen LogP contribution in [0.15, 0.2) is 111 Å². The third-order valence-electron chi connectivity index (χ3n) is 3.89. The zero-order valence-corrected chi connectivity index (χ0v) is 14.4. The molecule has 132 valence electrons. The van der Waals surface area contributed by atoms with Gasteiger partial charge in [-0.2, -0.15) is 0 Å². The normalized spacial score (nSPS) is 11.3. The van der Waals surface area contributed by atoms with Gasteiger partial charge in [0.25, 0.3) is 5.91 Å². The molecule has 5 nitrogen and oxygen atoms in total. The summed E-state index contributed by atoms with van der Waals surface area (Å²) in [4.78, 5) is 19.4. The Morgan fingerprint density at radius 1 is 0.704 bits per heavy atom. The van der Waals surface area contributed by atoms with Crippen molar-refractivity contribution in [3.63, 3.8) is 0 Å². The van der Waals surface area contributed by atoms with Crippen molar-refractivity contribution in [2.45, 2.75) is 0 Å². The predicted molar refractivity (Wildman–Crippen MR) is 103 cm³/mol. The van der Waals surface area contributed by atoms with E-state index in [2.05, 4.69) is 0 Å². The fourth-order valence-electron chi connectivity index (χ4n) is 2.67. The number of furan rings is 2. The molecular weight excluding hydrogens is 340 g/mol. The Kier molecular flexibility index (Phi) is 4.66. The molecule has 0 fully saturated rings. The second-order valence-electron chi connectivity index (χ2n) is 5.70. The lowest BCUT2D eigenvalue weighted by Crippen LogP contribution is -2.37. The molecule has 4 aromatic rings. The average molecular weight is 356 g/mol. The standard InChI is InChI=1S/C22H16N2O3/c25-22(20-14-8-16-27-20)24(18-11-5-2-6-12-18)21(19-13-7-15-26-19)23-17-9-3-1-4-10-17/h1-16H. The Morgan fingerprint density at radius 2 is 1.30 bits per heavy atom. The molecule has 2 aromatic heterocycles. The highest BCUT2D eigenvalue weighted by Crippen LogP contribution is 2.24. The average Bonchev–Trinajstić information content (AvgIpc) is 3.43. The highest BCUT2D eigenvalue weighted by Gasteiger charge is 2.27. The summed E-state index contributed by atoms with van der Waals surface area (Å²) in [6.07, 6.45) is 3.02. The van der Waals surface area contributed by atoms with Gasteiger partial charge in [0, 0.05) is 0 Å². The van der Waals surface area contributed by atoms with Gasteiger partial charge in [-0.1, -0.05) is 36.4 Å². The minimum Gasteiger partial charge on any atom is -0.461 e. The van der Waals surface area contributed by atoms with Crippen LogP contribution in [-0.2, 0) is 0 Å². The van der Waals surface area contributed by atoms with Crippen LogP contribution in [0.4, 0.5) is 11.4 Å². The minimum atomic E-state index is -0.336. The van der Waals surface area contributed by atoms with Crippen molar-refractivity contribution < 1.29 is 13.6 Å². The number of aliphatic imine (C=N–C) groups is 1. The van der Waals surface area contributed by atoms with Gasteiger partial charge in [0.05, 0.1) is 23.9 Å². The molecule has 0 atom stereocenters. The highest BCUT2D eigenvalue weighted by molar-refractivity contribution is 6.26. The third-order valence-corrected chi connectivity index (χ3v) is 3.89. The van der Waals surface area contributed by atoms with Crippen molar-refractivity contribution >= 4 is 23.1 Å². The summed E-state index contributed by atoms with van der Waals surface area (Å²) in [6.45, 7) is 0. The van der Waals surface area contributed by atoms with Crippen LogP contribution >= 0.6 is 0 Å². The zero-order chi connectivity index (χ0) is 18.5. The molecule has 1 amide bonds. The van der Waals surface area contributed by atoms with Gasteiger partial charge >= 0.3 is 0 Å². The largest absolute Gasteiger partial charge is 0.461 e. The number of nitrogens with zero attached hydrogens (tertiary/aromatic N) is 2. The van der Waals surface area contributed by atoms with Crippen LogP contribution < -0.4 is 4.90 Å². The maximum absolute atomic E-state index is 13.2. The number of hydrogen-bond acceptors (Lipinski definition) is 4. The van der Waals surface area contributed by atoms with Crippen molar-refractivity contribution in [2.24, 2.45) is 4.99 Å². The second kappa shape index (κ2) is 7.58. The Hall–Kier alpha value is -3.86. The van der Waals surface area contributed by atoms with E-state index < -0.39 is 0 Å². The molecule has 0 bridgehead atoms. The predicted octanol–water partition coefficient (Wildman–Crippen LogP) is 5.30. The Labute approximate surface area is 156 Å². The van der Waals surface area contributed by atoms with E-state index in [1.807, 2.05) is 60.7 Å². The molecule has 0 aliphatic rings. The first-order valence-corrected chi connectivity index (χ1v) is 8.43. The number of rotatable bonds is 4. The summed E-state index contributed by atoms with van der Waals surface area (Å²) in [7, 11) is 0. The molecule has 0 aliphatic heterocycles. The summed E-state index contributed by atoms with van der Waals surface area (Å²) < 4.78 is 10.9. The minimum absolute atomic E-state index is 0.214. The van der Waals surface area contributed by atoms with E-state index in [4.69, 9.17) is 13.8 Å². The lowest BCUT2D eigenvalue weighted by molar-refractivity contribution is 0.0976. The summed E-state index contributed by atoms with van der Waals surface area (Å²) >= 11 is 0. The van der Waals surface area contributed by atoms with Crippen molar-refractivity contribution in [1.29, 1.82) is 0 Å². The Balaban J connectivity index is 1.89. The zero-order valence-electron chi connectivity index (χ0n) is 14.4. The maximum atomic E-state index is 13.2. The number of amides is 1. The number of anilines is 1. The molecule has 0 unspecified atom stereocenters. The topological polar surface area (TPSA) is 59.0 Å². The van der Waals surface area contributed by atoms with Crippen LogP contribution in [0.5, 0.6) is 0 Å². The number of benzene rings is 2. The fraction of sp³-hybridized carbons (Fsp3) is 0. The van der Waals surface area contributed by atoms with Crippen molar-refractivity contribution in [2.75, 3.05) is 4.90 Å². The molecule has 0 spiro atoms. The summed E-state index contributed by atoms with van der Waals surface area (Å²) in [5.74, 6) is 0.727. The summed E-state index contributed by atoms with van der Waals surface area (Å²) in [5, 5.41) is 0. The fourth-order valence-corrected chi connectivity index (χ4v) is 2.67. The SMILES string of the molecule is O=C(c1ccco1)N(C(=Nc1ccccc1)c1ccco1)c1ccccc1. The van der Waals surface area contributed by atoms with Crippen molar-refractivity contribution in [3.8, 4) is 0 Å². The first-order valence-electron chi connectivity index (χ1n) is 8.43. The molecule has 0 aliphatic carbocycles. The van der Waals surface area contributed by atoms with Crippen LogP contribution in [0, 0.1) is 0 Å². The molecule has 27 heavy (non-hydrogen) atoms. The van der Waals surface area contributed by atoms with E-state index in [9.17, 15) is 4.79 Å². The summed E-state index contributed by atoms with van der Waals surface area (Å²) in [5.41, 5.74) is 1.36. The van der Waals surface area contributed by atoms with Crippen LogP contribution in [0.3, 0.4) is 0 Å². The molecular formula is C22H16N2O3. The highest BCUT2D eigenvalue weighted by atomic mass is 16.3. The van der Waals surface area contributed by atoms with Gasteiger partial charge in [-0.15, -0.1) is 0 Å². The van der Waals surface area contributed by atoms with Crippen LogP contribution in [0.25, 0.3) is 0 Å². The number of carbonyl (C=O) groups is 1. The molecule has 0 N–H and O–H groups in total. The molecule has 0 radical (unpaired) electrons. The lowest BCUT2D eigenvalue weighted by atomic mass is 10.2. The number of carbonyl (C=O) groups excluding carboxylic acids is 1. The van der Waals surface area contributed by atoms with Crippen LogP contribution in [0.1, 0.15) is 16.3 Å². The first kappa shape index (κ1) is 16.6. The maximum Gasteiger partial charge on any atom is 0.299 e. The molecule has 2 aromatic carbocycles. The lowest BCUT2D eigenvalue weighted by Gasteiger charge is -2.22. The van der Waals surface area contributed by atoms with Crippen LogP contribution in [-0.4, -0.2) is 11.7 Å². The van der Waals surface area contributed by atoms with Crippen LogP contribution in [0.2, 0.25) is 0 Å². The van der Waals surface area contributed by atoms with E-state index in [1.165, 1.54) is 11.2 Å². The number of hydrogen-bond donors (Lipinski definition) is 0. The van der Waals surface area contributed by atoms with E-state index in [-0.39, 0.29) is 11.7 Å². The summed E-state index contributed by atoms with van der Waals surface area (Å²) in [6, 6.07) is 25.5. The van der Waals surface area contributed by atoms with E-state index in [0.29, 0.717) is 23.0 Å². The van der Waals surface area contributed by atoms with Crippen molar-refractivity contribution in [1.82, 2.24) is 0 Å². The van der Waals surface area contributed by atoms with Gasteiger partial charge < -0.3 is 8.83 Å². The smallest absolute Gasteiger partial charge is 0.299 e. The number of para-hydroxylation sites is 2. The van der Waals surface area contributed by atoms with Crippen molar-refractivity contribution in [3.05, 3.63) is 109 Å². The molecule has 0 saturated heterocycles. The van der Waals surface area contributed by atoms with E-state index in [0.717, 1.165) is 0 Å². The van der Waals surface area contributed by atoms with E-state index >= 15 is 0 Å². The van der Waals surface area contributed by atoms with Gasteiger partial charge in [-0.05, 0) is 48.5 Å². The van der Waals surface area contributed by atoms with E-state index in [1.54, 1.807) is 30.5 Å². The number of amidine groups is 1. The molecule has 4 rings (SSSR count). The molecule has 2 heterocycles. The molecule has 0 saturated carbocycles. The third kappa shape index (κ3) is 3.57. The Bertz CT molecular complexity index is 1020.